The largest absolute Gasteiger partial charge is 0.396 e. The van der Waals surface area contributed by atoms with E-state index in [1.165, 1.54) is 4.57 Å². The average Bonchev–Trinajstić information content (AvgIpc) is 2.65. The molecule has 102 valence electrons. The second kappa shape index (κ2) is 8.34. The molecule has 1 aromatic heterocycles. The van der Waals surface area contributed by atoms with Gasteiger partial charge in [0.05, 0.1) is 0 Å². The molecule has 0 saturated carbocycles. The molecule has 0 fully saturated rings. The monoisotopic (exact) mass is 290 g/mol. The first kappa shape index (κ1) is 15.3. The van der Waals surface area contributed by atoms with Crippen molar-refractivity contribution in [1.82, 2.24) is 9.88 Å². The minimum atomic E-state index is -0.138. The number of hydrogen-bond acceptors (Lipinski definition) is 5. The molecule has 0 atom stereocenters. The van der Waals surface area contributed by atoms with Crippen molar-refractivity contribution in [2.75, 3.05) is 24.7 Å². The highest BCUT2D eigenvalue weighted by Gasteiger charge is 2.07. The summed E-state index contributed by atoms with van der Waals surface area (Å²) >= 11 is 2.80. The summed E-state index contributed by atoms with van der Waals surface area (Å²) in [6, 6.07) is 0. The van der Waals surface area contributed by atoms with Gasteiger partial charge in [0, 0.05) is 30.0 Å². The van der Waals surface area contributed by atoms with E-state index in [4.69, 9.17) is 5.11 Å². The van der Waals surface area contributed by atoms with Gasteiger partial charge >= 0.3 is 4.87 Å². The van der Waals surface area contributed by atoms with E-state index < -0.39 is 0 Å². The second-order valence-electron chi connectivity index (χ2n) is 3.77. The molecule has 0 aliphatic heterocycles. The van der Waals surface area contributed by atoms with Gasteiger partial charge in [-0.05, 0) is 19.1 Å². The minimum absolute atomic E-state index is 0.0927. The van der Waals surface area contributed by atoms with E-state index in [1.54, 1.807) is 17.1 Å². The molecule has 0 spiro atoms. The van der Waals surface area contributed by atoms with E-state index in [0.29, 0.717) is 6.54 Å². The first-order chi connectivity index (χ1) is 8.65. The van der Waals surface area contributed by atoms with Gasteiger partial charge in [0.25, 0.3) is 0 Å². The van der Waals surface area contributed by atoms with Gasteiger partial charge in [-0.15, -0.1) is 0 Å². The van der Waals surface area contributed by atoms with E-state index in [-0.39, 0.29) is 23.9 Å². The number of hydrogen-bond donors (Lipinski definition) is 2. The highest BCUT2D eigenvalue weighted by molar-refractivity contribution is 7.99. The van der Waals surface area contributed by atoms with E-state index in [1.807, 2.05) is 6.92 Å². The quantitative estimate of drug-likeness (QED) is 0.682. The molecule has 0 aromatic carbocycles. The lowest BCUT2D eigenvalue weighted by atomic mass is 10.5. The van der Waals surface area contributed by atoms with Gasteiger partial charge in [-0.3, -0.25) is 14.2 Å². The molecule has 0 radical (unpaired) electrons. The van der Waals surface area contributed by atoms with Crippen molar-refractivity contribution >= 4 is 29.0 Å². The molecule has 0 bridgehead atoms. The van der Waals surface area contributed by atoms with Gasteiger partial charge in [-0.1, -0.05) is 11.3 Å². The number of rotatable bonds is 8. The molecule has 1 heterocycles. The summed E-state index contributed by atoms with van der Waals surface area (Å²) in [6.07, 6.45) is 0.780. The molecule has 1 amide bonds. The van der Waals surface area contributed by atoms with Gasteiger partial charge in [-0.25, -0.2) is 0 Å². The SMILES string of the molecule is Cc1csc(=O)n1CC(=O)NCCSCCCO. The zero-order chi connectivity index (χ0) is 13.4. The van der Waals surface area contributed by atoms with Crippen LogP contribution in [-0.2, 0) is 11.3 Å². The van der Waals surface area contributed by atoms with Crippen molar-refractivity contribution in [1.29, 1.82) is 0 Å². The Labute approximate surface area is 114 Å². The summed E-state index contributed by atoms with van der Waals surface area (Å²) in [6.45, 7) is 2.71. The Morgan fingerprint density at radius 3 is 2.94 bits per heavy atom. The van der Waals surface area contributed by atoms with Gasteiger partial charge in [0.2, 0.25) is 5.91 Å². The molecule has 7 heteroatoms. The molecular weight excluding hydrogens is 272 g/mol. The zero-order valence-corrected chi connectivity index (χ0v) is 12.0. The van der Waals surface area contributed by atoms with E-state index in [9.17, 15) is 9.59 Å². The number of nitrogens with one attached hydrogen (secondary N) is 1. The fraction of sp³-hybridized carbons (Fsp3) is 0.636. The smallest absolute Gasteiger partial charge is 0.307 e. The Balaban J connectivity index is 2.20. The third kappa shape index (κ3) is 5.24. The number of amides is 1. The normalized spacial score (nSPS) is 10.6. The number of carbonyl (C=O) groups is 1. The minimum Gasteiger partial charge on any atom is -0.396 e. The molecule has 0 unspecified atom stereocenters. The molecule has 1 rings (SSSR count). The van der Waals surface area contributed by atoms with Crippen molar-refractivity contribution < 1.29 is 9.90 Å². The molecule has 18 heavy (non-hydrogen) atoms. The number of nitrogens with zero attached hydrogens (tertiary/aromatic N) is 1. The van der Waals surface area contributed by atoms with E-state index in [0.717, 1.165) is 35.0 Å². The number of thiazole rings is 1. The third-order valence-corrected chi connectivity index (χ3v) is 4.24. The third-order valence-electron chi connectivity index (χ3n) is 2.29. The lowest BCUT2D eigenvalue weighted by Gasteiger charge is -2.06. The highest BCUT2D eigenvalue weighted by Crippen LogP contribution is 2.01. The highest BCUT2D eigenvalue weighted by atomic mass is 32.2. The summed E-state index contributed by atoms with van der Waals surface area (Å²) in [7, 11) is 0. The maximum absolute atomic E-state index is 11.6. The van der Waals surface area contributed by atoms with E-state index in [2.05, 4.69) is 5.32 Å². The topological polar surface area (TPSA) is 71.3 Å². The van der Waals surface area contributed by atoms with Crippen LogP contribution in [-0.4, -0.2) is 40.2 Å². The molecule has 0 aliphatic carbocycles. The van der Waals surface area contributed by atoms with Crippen LogP contribution in [0, 0.1) is 6.92 Å². The predicted octanol–water partition coefficient (Wildman–Crippen LogP) is 0.450. The number of aryl methyl sites for hydroxylation is 1. The van der Waals surface area contributed by atoms with Crippen LogP contribution in [0.1, 0.15) is 12.1 Å². The van der Waals surface area contributed by atoms with Crippen molar-refractivity contribution in [2.24, 2.45) is 0 Å². The van der Waals surface area contributed by atoms with Crippen molar-refractivity contribution in [3.8, 4) is 0 Å². The summed E-state index contributed by atoms with van der Waals surface area (Å²) in [5.74, 6) is 1.58. The summed E-state index contributed by atoms with van der Waals surface area (Å²) < 4.78 is 1.47. The Bertz CT molecular complexity index is 428. The van der Waals surface area contributed by atoms with Crippen LogP contribution in [0.2, 0.25) is 0 Å². The maximum Gasteiger partial charge on any atom is 0.307 e. The van der Waals surface area contributed by atoms with E-state index >= 15 is 0 Å². The summed E-state index contributed by atoms with van der Waals surface area (Å²) in [4.78, 5) is 22.9. The average molecular weight is 290 g/mol. The summed E-state index contributed by atoms with van der Waals surface area (Å²) in [5, 5.41) is 13.1. The number of carbonyl (C=O) groups excluding carboxylic acids is 1. The van der Waals surface area contributed by atoms with Crippen molar-refractivity contribution in [3.63, 3.8) is 0 Å². The molecule has 5 nitrogen and oxygen atoms in total. The number of thioether (sulfide) groups is 1. The Morgan fingerprint density at radius 2 is 2.33 bits per heavy atom. The maximum atomic E-state index is 11.6. The van der Waals surface area contributed by atoms with Crippen LogP contribution >= 0.6 is 23.1 Å². The Morgan fingerprint density at radius 1 is 1.56 bits per heavy atom. The first-order valence-electron chi connectivity index (χ1n) is 5.75. The standard InChI is InChI=1S/C11H18N2O3S2/c1-9-8-18-11(16)13(9)7-10(15)12-3-6-17-5-2-4-14/h8,14H,2-7H2,1H3,(H,12,15). The Kier molecular flexibility index (Phi) is 7.07. The van der Waals surface area contributed by atoms with Crippen LogP contribution in [0.5, 0.6) is 0 Å². The number of aromatic nitrogens is 1. The fourth-order valence-electron chi connectivity index (χ4n) is 1.33. The van der Waals surface area contributed by atoms with Crippen LogP contribution in [0.15, 0.2) is 10.2 Å². The lowest BCUT2D eigenvalue weighted by Crippen LogP contribution is -2.32. The lowest BCUT2D eigenvalue weighted by molar-refractivity contribution is -0.121. The van der Waals surface area contributed by atoms with Gasteiger partial charge < -0.3 is 10.4 Å². The molecule has 2 N–H and O–H groups in total. The van der Waals surface area contributed by atoms with Crippen molar-refractivity contribution in [2.45, 2.75) is 19.9 Å². The second-order valence-corrected chi connectivity index (χ2v) is 5.81. The Hall–Kier alpha value is -0.790. The molecular formula is C11H18N2O3S2. The summed E-state index contributed by atoms with van der Waals surface area (Å²) in [5.41, 5.74) is 0.817. The van der Waals surface area contributed by atoms with Gasteiger partial charge in [0.15, 0.2) is 0 Å². The number of aliphatic hydroxyl groups is 1. The van der Waals surface area contributed by atoms with Crippen LogP contribution in [0.3, 0.4) is 0 Å². The van der Waals surface area contributed by atoms with Crippen LogP contribution in [0.25, 0.3) is 0 Å². The fourth-order valence-corrected chi connectivity index (χ4v) is 2.85. The van der Waals surface area contributed by atoms with Crippen molar-refractivity contribution in [3.05, 3.63) is 20.7 Å². The molecule has 0 saturated heterocycles. The molecule has 0 aliphatic rings. The van der Waals surface area contributed by atoms with Gasteiger partial charge in [0.1, 0.15) is 6.54 Å². The molecule has 1 aromatic rings. The predicted molar refractivity (Wildman–Crippen MR) is 75.4 cm³/mol. The van der Waals surface area contributed by atoms with Gasteiger partial charge in [-0.2, -0.15) is 11.8 Å². The van der Waals surface area contributed by atoms with Crippen LogP contribution in [0.4, 0.5) is 0 Å². The number of aliphatic hydroxyl groups excluding tert-OH is 1. The van der Waals surface area contributed by atoms with Crippen LogP contribution < -0.4 is 10.2 Å². The first-order valence-corrected chi connectivity index (χ1v) is 7.79. The zero-order valence-electron chi connectivity index (χ0n) is 10.3.